The second-order valence-electron chi connectivity index (χ2n) is 5.25. The van der Waals surface area contributed by atoms with E-state index >= 15 is 0 Å². The molecule has 0 fully saturated rings. The highest BCUT2D eigenvalue weighted by molar-refractivity contribution is 7.99. The van der Waals surface area contributed by atoms with Gasteiger partial charge in [-0.15, -0.1) is 0 Å². The average Bonchev–Trinajstić information content (AvgIpc) is 2.39. The normalized spacial score (nSPS) is 20.0. The molecule has 3 nitrogen and oxygen atoms in total. The van der Waals surface area contributed by atoms with Gasteiger partial charge in [-0.2, -0.15) is 11.8 Å². The molecule has 1 aliphatic rings. The minimum Gasteiger partial charge on any atom is -0.326 e. The molecule has 4 heteroatoms. The quantitative estimate of drug-likeness (QED) is 0.788. The van der Waals surface area contributed by atoms with Gasteiger partial charge in [0.1, 0.15) is 0 Å². The summed E-state index contributed by atoms with van der Waals surface area (Å²) in [4.78, 5) is 14.3. The average molecular weight is 280 g/mol. The van der Waals surface area contributed by atoms with Crippen LogP contribution in [0.25, 0.3) is 0 Å². The SMILES string of the molecule is CCSCCC(C)NC1CCCc2[nH]c(=O)ccc21. The van der Waals surface area contributed by atoms with Crippen molar-refractivity contribution >= 4 is 11.8 Å². The van der Waals surface area contributed by atoms with Crippen molar-refractivity contribution in [2.75, 3.05) is 11.5 Å². The van der Waals surface area contributed by atoms with E-state index in [1.807, 2.05) is 17.8 Å². The summed E-state index contributed by atoms with van der Waals surface area (Å²) in [7, 11) is 0. The Morgan fingerprint density at radius 3 is 3.16 bits per heavy atom. The lowest BCUT2D eigenvalue weighted by atomic mass is 9.90. The Balaban J connectivity index is 1.97. The summed E-state index contributed by atoms with van der Waals surface area (Å²) in [6.45, 7) is 4.46. The van der Waals surface area contributed by atoms with E-state index in [2.05, 4.69) is 24.1 Å². The lowest BCUT2D eigenvalue weighted by Crippen LogP contribution is -2.34. The fourth-order valence-electron chi connectivity index (χ4n) is 2.70. The maximum Gasteiger partial charge on any atom is 0.248 e. The van der Waals surface area contributed by atoms with Crippen LogP contribution in [0.3, 0.4) is 0 Å². The number of rotatable bonds is 6. The van der Waals surface area contributed by atoms with Crippen molar-refractivity contribution in [1.82, 2.24) is 10.3 Å². The van der Waals surface area contributed by atoms with Crippen molar-refractivity contribution < 1.29 is 0 Å². The van der Waals surface area contributed by atoms with Gasteiger partial charge in [0.05, 0.1) is 0 Å². The molecule has 2 N–H and O–H groups in total. The maximum absolute atomic E-state index is 11.4. The van der Waals surface area contributed by atoms with Gasteiger partial charge in [-0.25, -0.2) is 0 Å². The fourth-order valence-corrected chi connectivity index (χ4v) is 3.51. The summed E-state index contributed by atoms with van der Waals surface area (Å²) in [5, 5.41) is 3.72. The Hall–Kier alpha value is -0.740. The largest absolute Gasteiger partial charge is 0.326 e. The highest BCUT2D eigenvalue weighted by Gasteiger charge is 2.21. The number of pyridine rings is 1. The zero-order valence-electron chi connectivity index (χ0n) is 11.9. The Morgan fingerprint density at radius 1 is 1.53 bits per heavy atom. The molecule has 0 aliphatic heterocycles. The topological polar surface area (TPSA) is 44.9 Å². The van der Waals surface area contributed by atoms with Crippen molar-refractivity contribution in [1.29, 1.82) is 0 Å². The van der Waals surface area contributed by atoms with Gasteiger partial charge < -0.3 is 10.3 Å². The number of fused-ring (bicyclic) bond motifs is 1. The minimum atomic E-state index is 0.0202. The Bertz CT molecular complexity index is 458. The molecule has 1 aliphatic carbocycles. The van der Waals surface area contributed by atoms with E-state index < -0.39 is 0 Å². The van der Waals surface area contributed by atoms with E-state index in [9.17, 15) is 4.79 Å². The van der Waals surface area contributed by atoms with E-state index in [1.54, 1.807) is 6.07 Å². The number of aromatic amines is 1. The summed E-state index contributed by atoms with van der Waals surface area (Å²) in [6, 6.07) is 4.58. The van der Waals surface area contributed by atoms with Crippen LogP contribution in [0.2, 0.25) is 0 Å². The van der Waals surface area contributed by atoms with E-state index in [4.69, 9.17) is 0 Å². The predicted molar refractivity (Wildman–Crippen MR) is 83.0 cm³/mol. The minimum absolute atomic E-state index is 0.0202. The zero-order valence-corrected chi connectivity index (χ0v) is 12.7. The molecular formula is C15H24N2OS. The van der Waals surface area contributed by atoms with Gasteiger partial charge in [-0.1, -0.05) is 13.0 Å². The van der Waals surface area contributed by atoms with Crippen molar-refractivity contribution in [2.45, 2.75) is 51.6 Å². The first-order valence-electron chi connectivity index (χ1n) is 7.26. The summed E-state index contributed by atoms with van der Waals surface area (Å²) >= 11 is 2.00. The first-order valence-corrected chi connectivity index (χ1v) is 8.42. The molecule has 0 bridgehead atoms. The van der Waals surface area contributed by atoms with Crippen molar-refractivity contribution in [3.63, 3.8) is 0 Å². The summed E-state index contributed by atoms with van der Waals surface area (Å²) < 4.78 is 0. The van der Waals surface area contributed by atoms with Gasteiger partial charge in [0.15, 0.2) is 0 Å². The van der Waals surface area contributed by atoms with Crippen molar-refractivity contribution in [2.24, 2.45) is 0 Å². The summed E-state index contributed by atoms with van der Waals surface area (Å²) in [5.74, 6) is 2.41. The molecule has 2 atom stereocenters. The molecule has 0 amide bonds. The number of aryl methyl sites for hydroxylation is 1. The molecule has 2 unspecified atom stereocenters. The molecule has 106 valence electrons. The molecule has 2 rings (SSSR count). The molecule has 1 heterocycles. The predicted octanol–water partition coefficient (Wildman–Crippen LogP) is 2.87. The number of hydrogen-bond donors (Lipinski definition) is 2. The molecule has 1 aromatic heterocycles. The van der Waals surface area contributed by atoms with Gasteiger partial charge in [0.25, 0.3) is 0 Å². The van der Waals surface area contributed by atoms with Gasteiger partial charge in [-0.3, -0.25) is 4.79 Å². The van der Waals surface area contributed by atoms with E-state index in [1.165, 1.54) is 29.9 Å². The number of nitrogens with one attached hydrogen (secondary N) is 2. The van der Waals surface area contributed by atoms with Gasteiger partial charge in [0.2, 0.25) is 5.56 Å². The fraction of sp³-hybridized carbons (Fsp3) is 0.667. The molecule has 0 radical (unpaired) electrons. The lowest BCUT2D eigenvalue weighted by molar-refractivity contribution is 0.400. The highest BCUT2D eigenvalue weighted by atomic mass is 32.2. The van der Waals surface area contributed by atoms with Crippen molar-refractivity contribution in [3.8, 4) is 0 Å². The number of aromatic nitrogens is 1. The Labute approximate surface area is 119 Å². The second kappa shape index (κ2) is 7.15. The lowest BCUT2D eigenvalue weighted by Gasteiger charge is -2.28. The molecule has 1 aromatic rings. The van der Waals surface area contributed by atoms with E-state index in [0.29, 0.717) is 12.1 Å². The molecular weight excluding hydrogens is 256 g/mol. The smallest absolute Gasteiger partial charge is 0.248 e. The Morgan fingerprint density at radius 2 is 2.37 bits per heavy atom. The first kappa shape index (κ1) is 14.7. The summed E-state index contributed by atoms with van der Waals surface area (Å²) in [5.41, 5.74) is 2.44. The highest BCUT2D eigenvalue weighted by Crippen LogP contribution is 2.28. The van der Waals surface area contributed by atoms with Crippen molar-refractivity contribution in [3.05, 3.63) is 33.7 Å². The van der Waals surface area contributed by atoms with Crippen LogP contribution in [0.15, 0.2) is 16.9 Å². The van der Waals surface area contributed by atoms with Crippen LogP contribution in [0, 0.1) is 0 Å². The monoisotopic (exact) mass is 280 g/mol. The first-order chi connectivity index (χ1) is 9.20. The maximum atomic E-state index is 11.4. The molecule has 0 spiro atoms. The molecule has 0 aromatic carbocycles. The molecule has 0 saturated heterocycles. The number of thioether (sulfide) groups is 1. The van der Waals surface area contributed by atoms with Gasteiger partial charge in [-0.05, 0) is 49.7 Å². The van der Waals surface area contributed by atoms with Gasteiger partial charge >= 0.3 is 0 Å². The van der Waals surface area contributed by atoms with Crippen LogP contribution in [0.4, 0.5) is 0 Å². The van der Waals surface area contributed by atoms with Crippen LogP contribution in [-0.2, 0) is 6.42 Å². The van der Waals surface area contributed by atoms with Crippen LogP contribution in [0.1, 0.15) is 50.4 Å². The standard InChI is InChI=1S/C15H24N2OS/c1-3-19-10-9-11(2)16-13-5-4-6-14-12(13)7-8-15(18)17-14/h7-8,11,13,16H,3-6,9-10H2,1-2H3,(H,17,18). The Kier molecular flexibility index (Phi) is 5.52. The molecule has 0 saturated carbocycles. The van der Waals surface area contributed by atoms with Crippen LogP contribution in [-0.4, -0.2) is 22.5 Å². The zero-order chi connectivity index (χ0) is 13.7. The number of hydrogen-bond acceptors (Lipinski definition) is 3. The third kappa shape index (κ3) is 4.11. The summed E-state index contributed by atoms with van der Waals surface area (Å²) in [6.07, 6.45) is 4.53. The van der Waals surface area contributed by atoms with Gasteiger partial charge in [0, 0.05) is 23.8 Å². The number of H-pyrrole nitrogens is 1. The van der Waals surface area contributed by atoms with Crippen LogP contribution < -0.4 is 10.9 Å². The van der Waals surface area contributed by atoms with E-state index in [-0.39, 0.29) is 5.56 Å². The molecule has 19 heavy (non-hydrogen) atoms. The van der Waals surface area contributed by atoms with Crippen LogP contribution >= 0.6 is 11.8 Å². The van der Waals surface area contributed by atoms with Crippen LogP contribution in [0.5, 0.6) is 0 Å². The van der Waals surface area contributed by atoms with E-state index in [0.717, 1.165) is 18.5 Å². The second-order valence-corrected chi connectivity index (χ2v) is 6.65. The third-order valence-corrected chi connectivity index (χ3v) is 4.65. The third-order valence-electron chi connectivity index (χ3n) is 3.72.